The minimum atomic E-state index is 0.876. The molecule has 2 aromatic heterocycles. The third-order valence-electron chi connectivity index (χ3n) is 3.07. The average molecular weight is 238 g/mol. The Morgan fingerprint density at radius 1 is 1.11 bits per heavy atom. The quantitative estimate of drug-likeness (QED) is 0.684. The molecule has 2 heterocycles. The highest BCUT2D eigenvalue weighted by molar-refractivity contribution is 5.84. The number of aryl methyl sites for hydroxylation is 1. The Morgan fingerprint density at radius 2 is 2.00 bits per heavy atom. The van der Waals surface area contributed by atoms with Gasteiger partial charge in [-0.3, -0.25) is 4.57 Å². The van der Waals surface area contributed by atoms with Gasteiger partial charge >= 0.3 is 0 Å². The van der Waals surface area contributed by atoms with E-state index in [1.807, 2.05) is 36.5 Å². The zero-order chi connectivity index (χ0) is 12.5. The van der Waals surface area contributed by atoms with Gasteiger partial charge in [-0.1, -0.05) is 6.07 Å². The van der Waals surface area contributed by atoms with Gasteiger partial charge < -0.3 is 4.74 Å². The SMILES string of the molecule is COc1ccc2c(c1)cc(C)n2-c1ccccn1. The fraction of sp³-hybridized carbons (Fsp3) is 0.133. The van der Waals surface area contributed by atoms with E-state index in [2.05, 4.69) is 28.6 Å². The summed E-state index contributed by atoms with van der Waals surface area (Å²) in [6, 6.07) is 14.2. The van der Waals surface area contributed by atoms with E-state index in [0.717, 1.165) is 28.2 Å². The summed E-state index contributed by atoms with van der Waals surface area (Å²) < 4.78 is 7.40. The van der Waals surface area contributed by atoms with Crippen LogP contribution >= 0.6 is 0 Å². The van der Waals surface area contributed by atoms with Crippen LogP contribution in [0.3, 0.4) is 0 Å². The van der Waals surface area contributed by atoms with Crippen molar-refractivity contribution in [2.24, 2.45) is 0 Å². The van der Waals surface area contributed by atoms with Crippen molar-refractivity contribution in [2.75, 3.05) is 7.11 Å². The molecule has 3 heteroatoms. The molecule has 0 fully saturated rings. The molecule has 0 saturated heterocycles. The van der Waals surface area contributed by atoms with Crippen LogP contribution in [0.25, 0.3) is 16.7 Å². The van der Waals surface area contributed by atoms with E-state index in [-0.39, 0.29) is 0 Å². The second-order valence-corrected chi connectivity index (χ2v) is 4.23. The van der Waals surface area contributed by atoms with E-state index in [9.17, 15) is 0 Å². The first kappa shape index (κ1) is 10.8. The maximum Gasteiger partial charge on any atom is 0.137 e. The summed E-state index contributed by atoms with van der Waals surface area (Å²) in [4.78, 5) is 4.41. The Bertz CT molecular complexity index is 686. The van der Waals surface area contributed by atoms with Gasteiger partial charge in [0.05, 0.1) is 12.6 Å². The number of ether oxygens (including phenoxy) is 1. The Balaban J connectivity index is 2.27. The van der Waals surface area contributed by atoms with Crippen LogP contribution in [0.2, 0.25) is 0 Å². The number of hydrogen-bond acceptors (Lipinski definition) is 2. The van der Waals surface area contributed by atoms with Crippen molar-refractivity contribution < 1.29 is 4.74 Å². The molecule has 0 aliphatic rings. The zero-order valence-corrected chi connectivity index (χ0v) is 10.4. The highest BCUT2D eigenvalue weighted by Crippen LogP contribution is 2.26. The second kappa shape index (κ2) is 4.18. The molecule has 1 aromatic carbocycles. The number of methoxy groups -OCH3 is 1. The highest BCUT2D eigenvalue weighted by Gasteiger charge is 2.08. The summed E-state index contributed by atoms with van der Waals surface area (Å²) in [7, 11) is 1.68. The van der Waals surface area contributed by atoms with Crippen molar-refractivity contribution in [3.63, 3.8) is 0 Å². The predicted octanol–water partition coefficient (Wildman–Crippen LogP) is 3.34. The van der Waals surface area contributed by atoms with Gasteiger partial charge in [-0.25, -0.2) is 4.98 Å². The van der Waals surface area contributed by atoms with Crippen LogP contribution in [0, 0.1) is 6.92 Å². The molecule has 0 saturated carbocycles. The molecular weight excluding hydrogens is 224 g/mol. The van der Waals surface area contributed by atoms with Gasteiger partial charge in [0.2, 0.25) is 0 Å². The van der Waals surface area contributed by atoms with Crippen LogP contribution in [0.15, 0.2) is 48.7 Å². The van der Waals surface area contributed by atoms with Gasteiger partial charge in [-0.15, -0.1) is 0 Å². The minimum Gasteiger partial charge on any atom is -0.497 e. The van der Waals surface area contributed by atoms with Crippen molar-refractivity contribution in [2.45, 2.75) is 6.92 Å². The number of aromatic nitrogens is 2. The largest absolute Gasteiger partial charge is 0.497 e. The maximum atomic E-state index is 5.25. The third-order valence-corrected chi connectivity index (χ3v) is 3.07. The summed E-state index contributed by atoms with van der Waals surface area (Å²) in [5, 5.41) is 1.16. The molecule has 0 aliphatic carbocycles. The molecule has 0 radical (unpaired) electrons. The van der Waals surface area contributed by atoms with Crippen LogP contribution in [-0.2, 0) is 0 Å². The zero-order valence-electron chi connectivity index (χ0n) is 10.4. The van der Waals surface area contributed by atoms with Gasteiger partial charge in [0.15, 0.2) is 0 Å². The fourth-order valence-electron chi connectivity index (χ4n) is 2.25. The molecule has 3 nitrogen and oxygen atoms in total. The molecule has 3 rings (SSSR count). The van der Waals surface area contributed by atoms with Crippen LogP contribution < -0.4 is 4.74 Å². The molecule has 0 amide bonds. The molecule has 0 bridgehead atoms. The number of nitrogens with zero attached hydrogens (tertiary/aromatic N) is 2. The fourth-order valence-corrected chi connectivity index (χ4v) is 2.25. The summed E-state index contributed by atoms with van der Waals surface area (Å²) >= 11 is 0. The Morgan fingerprint density at radius 3 is 2.72 bits per heavy atom. The van der Waals surface area contributed by atoms with E-state index in [0.29, 0.717) is 0 Å². The van der Waals surface area contributed by atoms with Gasteiger partial charge in [0.1, 0.15) is 11.6 Å². The summed E-state index contributed by atoms with van der Waals surface area (Å²) in [5.41, 5.74) is 2.31. The molecule has 3 aromatic rings. The van der Waals surface area contributed by atoms with Crippen molar-refractivity contribution in [1.29, 1.82) is 0 Å². The van der Waals surface area contributed by atoms with Crippen molar-refractivity contribution in [3.8, 4) is 11.6 Å². The van der Waals surface area contributed by atoms with Crippen molar-refractivity contribution in [1.82, 2.24) is 9.55 Å². The summed E-state index contributed by atoms with van der Waals surface area (Å²) in [6.45, 7) is 2.08. The summed E-state index contributed by atoms with van der Waals surface area (Å²) in [5.74, 6) is 1.82. The number of rotatable bonds is 2. The predicted molar refractivity (Wildman–Crippen MR) is 72.4 cm³/mol. The number of fused-ring (bicyclic) bond motifs is 1. The van der Waals surface area contributed by atoms with Crippen LogP contribution in [0.5, 0.6) is 5.75 Å². The molecule has 90 valence electrons. The van der Waals surface area contributed by atoms with E-state index in [1.165, 1.54) is 0 Å². The van der Waals surface area contributed by atoms with Crippen LogP contribution in [-0.4, -0.2) is 16.7 Å². The molecule has 0 atom stereocenters. The van der Waals surface area contributed by atoms with E-state index < -0.39 is 0 Å². The number of pyridine rings is 1. The Labute approximate surface area is 106 Å². The lowest BCUT2D eigenvalue weighted by atomic mass is 10.2. The van der Waals surface area contributed by atoms with Gasteiger partial charge in [0.25, 0.3) is 0 Å². The normalized spacial score (nSPS) is 10.8. The smallest absolute Gasteiger partial charge is 0.137 e. The van der Waals surface area contributed by atoms with Gasteiger partial charge in [0, 0.05) is 17.3 Å². The number of benzene rings is 1. The first-order valence-electron chi connectivity index (χ1n) is 5.87. The Kier molecular flexibility index (Phi) is 2.52. The second-order valence-electron chi connectivity index (χ2n) is 4.23. The first-order chi connectivity index (χ1) is 8.79. The van der Waals surface area contributed by atoms with E-state index >= 15 is 0 Å². The lowest BCUT2D eigenvalue weighted by molar-refractivity contribution is 0.415. The van der Waals surface area contributed by atoms with Crippen molar-refractivity contribution in [3.05, 3.63) is 54.4 Å². The van der Waals surface area contributed by atoms with Crippen molar-refractivity contribution >= 4 is 10.9 Å². The van der Waals surface area contributed by atoms with Crippen LogP contribution in [0.1, 0.15) is 5.69 Å². The van der Waals surface area contributed by atoms with E-state index in [1.54, 1.807) is 7.11 Å². The molecule has 0 spiro atoms. The lowest BCUT2D eigenvalue weighted by Gasteiger charge is -2.07. The maximum absolute atomic E-state index is 5.25. The average Bonchev–Trinajstić information content (AvgIpc) is 2.74. The molecular formula is C15H14N2O. The highest BCUT2D eigenvalue weighted by atomic mass is 16.5. The van der Waals surface area contributed by atoms with Crippen LogP contribution in [0.4, 0.5) is 0 Å². The standard InChI is InChI=1S/C15H14N2O/c1-11-9-12-10-13(18-2)6-7-14(12)17(11)15-5-3-4-8-16-15/h3-10H,1-2H3. The monoisotopic (exact) mass is 238 g/mol. The molecule has 0 aliphatic heterocycles. The van der Waals surface area contributed by atoms with Gasteiger partial charge in [-0.2, -0.15) is 0 Å². The first-order valence-corrected chi connectivity index (χ1v) is 5.87. The Hall–Kier alpha value is -2.29. The summed E-state index contributed by atoms with van der Waals surface area (Å²) in [6.07, 6.45) is 1.81. The topological polar surface area (TPSA) is 27.1 Å². The molecule has 0 unspecified atom stereocenters. The minimum absolute atomic E-state index is 0.876. The van der Waals surface area contributed by atoms with Gasteiger partial charge in [-0.05, 0) is 43.3 Å². The molecule has 0 N–H and O–H groups in total. The molecule has 18 heavy (non-hydrogen) atoms. The third kappa shape index (κ3) is 1.64. The lowest BCUT2D eigenvalue weighted by Crippen LogP contribution is -1.98. The number of hydrogen-bond donors (Lipinski definition) is 0. The van der Waals surface area contributed by atoms with E-state index in [4.69, 9.17) is 4.74 Å².